The van der Waals surface area contributed by atoms with E-state index in [9.17, 15) is 28.3 Å². The molecule has 2 heterocycles. The van der Waals surface area contributed by atoms with Gasteiger partial charge in [-0.25, -0.2) is 0 Å². The maximum atomic E-state index is 13.6. The second kappa shape index (κ2) is 11.2. The van der Waals surface area contributed by atoms with Crippen LogP contribution in [0.3, 0.4) is 0 Å². The Kier molecular flexibility index (Phi) is 7.83. The molecule has 194 valence electrons. The Hall–Kier alpha value is -4.25. The molecule has 11 heteroatoms. The van der Waals surface area contributed by atoms with Crippen LogP contribution in [0.1, 0.15) is 21.8 Å². The first kappa shape index (κ1) is 25.8. The van der Waals surface area contributed by atoms with Crippen LogP contribution in [0.15, 0.2) is 71.7 Å². The number of aromatic nitrogens is 1. The number of amides is 2. The van der Waals surface area contributed by atoms with Crippen molar-refractivity contribution in [3.63, 3.8) is 0 Å². The predicted octanol–water partition coefficient (Wildman–Crippen LogP) is 2.38. The third-order valence-electron chi connectivity index (χ3n) is 6.12. The molecule has 0 saturated carbocycles. The molecule has 0 radical (unpaired) electrons. The van der Waals surface area contributed by atoms with Gasteiger partial charge in [-0.1, -0.05) is 12.1 Å². The average Bonchev–Trinajstić information content (AvgIpc) is 3.21. The third kappa shape index (κ3) is 5.61. The van der Waals surface area contributed by atoms with E-state index in [1.54, 1.807) is 30.3 Å². The number of carbonyl (C=O) groups excluding carboxylic acids is 2. The summed E-state index contributed by atoms with van der Waals surface area (Å²) in [5, 5.41) is 12.0. The SMILES string of the molecule is COc1ccc([C@@H]2CN(c3cccn(CCO)c3=O)C(=O)C2NC(=O)c2ccc(OC(F)F)cc2)cc1. The van der Waals surface area contributed by atoms with Crippen molar-refractivity contribution in [3.05, 3.63) is 88.3 Å². The molecule has 2 aromatic carbocycles. The van der Waals surface area contributed by atoms with E-state index in [0.717, 1.165) is 5.56 Å². The number of hydrogen-bond acceptors (Lipinski definition) is 6. The predicted molar refractivity (Wildman–Crippen MR) is 130 cm³/mol. The molecule has 1 aliphatic rings. The lowest BCUT2D eigenvalue weighted by atomic mass is 9.93. The summed E-state index contributed by atoms with van der Waals surface area (Å²) in [6.45, 7) is -3.05. The van der Waals surface area contributed by atoms with Crippen LogP contribution in [0.25, 0.3) is 0 Å². The Labute approximate surface area is 210 Å². The van der Waals surface area contributed by atoms with E-state index in [-0.39, 0.29) is 36.7 Å². The molecule has 4 rings (SSSR count). The lowest BCUT2D eigenvalue weighted by molar-refractivity contribution is -0.118. The summed E-state index contributed by atoms with van der Waals surface area (Å²) in [5.74, 6) is -1.06. The normalized spacial score (nSPS) is 17.2. The van der Waals surface area contributed by atoms with Crippen molar-refractivity contribution in [1.29, 1.82) is 0 Å². The summed E-state index contributed by atoms with van der Waals surface area (Å²) in [6, 6.07) is 14.3. The lowest BCUT2D eigenvalue weighted by Gasteiger charge is -2.19. The van der Waals surface area contributed by atoms with E-state index in [2.05, 4.69) is 10.1 Å². The summed E-state index contributed by atoms with van der Waals surface area (Å²) in [4.78, 5) is 40.9. The number of nitrogens with one attached hydrogen (secondary N) is 1. The van der Waals surface area contributed by atoms with Crippen molar-refractivity contribution in [2.24, 2.45) is 0 Å². The Morgan fingerprint density at radius 2 is 1.76 bits per heavy atom. The van der Waals surface area contributed by atoms with Crippen LogP contribution in [-0.2, 0) is 11.3 Å². The van der Waals surface area contributed by atoms with Crippen LogP contribution < -0.4 is 25.2 Å². The summed E-state index contributed by atoms with van der Waals surface area (Å²) < 4.78 is 35.7. The number of pyridine rings is 1. The van der Waals surface area contributed by atoms with Crippen LogP contribution in [0.5, 0.6) is 11.5 Å². The van der Waals surface area contributed by atoms with Crippen LogP contribution >= 0.6 is 0 Å². The number of alkyl halides is 2. The number of aliphatic hydroxyl groups is 1. The Bertz CT molecular complexity index is 1310. The van der Waals surface area contributed by atoms with Gasteiger partial charge in [-0.15, -0.1) is 0 Å². The first-order valence-electron chi connectivity index (χ1n) is 11.4. The van der Waals surface area contributed by atoms with E-state index in [4.69, 9.17) is 4.74 Å². The van der Waals surface area contributed by atoms with Crippen LogP contribution in [-0.4, -0.2) is 54.4 Å². The van der Waals surface area contributed by atoms with Crippen LogP contribution in [0.4, 0.5) is 14.5 Å². The Morgan fingerprint density at radius 1 is 1.08 bits per heavy atom. The molecule has 3 aromatic rings. The van der Waals surface area contributed by atoms with Gasteiger partial charge in [0.2, 0.25) is 5.91 Å². The maximum Gasteiger partial charge on any atom is 0.387 e. The molecule has 2 atom stereocenters. The highest BCUT2D eigenvalue weighted by molar-refractivity contribution is 6.05. The van der Waals surface area contributed by atoms with E-state index in [0.29, 0.717) is 5.75 Å². The number of carbonyl (C=O) groups is 2. The quantitative estimate of drug-likeness (QED) is 0.455. The molecule has 1 aromatic heterocycles. The number of benzene rings is 2. The first-order chi connectivity index (χ1) is 17.8. The second-order valence-corrected chi connectivity index (χ2v) is 8.30. The standard InChI is InChI=1S/C26H25F2N3O6/c1-36-18-8-4-16(5-9-18)20-15-31(21-3-2-12-30(13-14-32)24(21)34)25(35)22(20)29-23(33)17-6-10-19(11-7-17)37-26(27)28/h2-12,20,22,26,32H,13-15H2,1H3,(H,29,33)/t20-,22?/m0/s1. The third-order valence-corrected chi connectivity index (χ3v) is 6.12. The van der Waals surface area contributed by atoms with Crippen molar-refractivity contribution in [2.75, 3.05) is 25.2 Å². The molecule has 1 aliphatic heterocycles. The lowest BCUT2D eigenvalue weighted by Crippen LogP contribution is -2.44. The number of halogens is 2. The molecular formula is C26H25F2N3O6. The van der Waals surface area contributed by atoms with E-state index in [1.165, 1.54) is 53.1 Å². The number of hydrogen-bond donors (Lipinski definition) is 2. The molecule has 0 bridgehead atoms. The fourth-order valence-electron chi connectivity index (χ4n) is 4.29. The number of methoxy groups -OCH3 is 1. The highest BCUT2D eigenvalue weighted by atomic mass is 19.3. The molecule has 1 saturated heterocycles. The van der Waals surface area contributed by atoms with Gasteiger partial charge in [-0.3, -0.25) is 14.4 Å². The fourth-order valence-corrected chi connectivity index (χ4v) is 4.29. The van der Waals surface area contributed by atoms with E-state index < -0.39 is 35.9 Å². The number of anilines is 1. The summed E-state index contributed by atoms with van der Waals surface area (Å²) >= 11 is 0. The number of rotatable bonds is 9. The van der Waals surface area contributed by atoms with Crippen molar-refractivity contribution in [1.82, 2.24) is 9.88 Å². The molecule has 0 aliphatic carbocycles. The minimum absolute atomic E-state index is 0.0715. The van der Waals surface area contributed by atoms with E-state index in [1.807, 2.05) is 0 Å². The summed E-state index contributed by atoms with van der Waals surface area (Å²) in [6.07, 6.45) is 1.52. The average molecular weight is 513 g/mol. The molecule has 1 unspecified atom stereocenters. The number of nitrogens with zero attached hydrogens (tertiary/aromatic N) is 2. The van der Waals surface area contributed by atoms with Crippen molar-refractivity contribution < 1.29 is 33.0 Å². The van der Waals surface area contributed by atoms with Gasteiger partial charge in [0.25, 0.3) is 11.5 Å². The highest BCUT2D eigenvalue weighted by Gasteiger charge is 2.43. The minimum Gasteiger partial charge on any atom is -0.497 e. The van der Waals surface area contributed by atoms with Crippen molar-refractivity contribution in [2.45, 2.75) is 25.1 Å². The zero-order valence-corrected chi connectivity index (χ0v) is 19.8. The topological polar surface area (TPSA) is 110 Å². The highest BCUT2D eigenvalue weighted by Crippen LogP contribution is 2.32. The van der Waals surface area contributed by atoms with Gasteiger partial charge in [0, 0.05) is 30.8 Å². The molecule has 37 heavy (non-hydrogen) atoms. The molecule has 2 amide bonds. The van der Waals surface area contributed by atoms with Gasteiger partial charge in [0.15, 0.2) is 0 Å². The van der Waals surface area contributed by atoms with Gasteiger partial charge < -0.3 is 29.4 Å². The minimum atomic E-state index is -2.99. The van der Waals surface area contributed by atoms with Crippen molar-refractivity contribution >= 4 is 17.5 Å². The van der Waals surface area contributed by atoms with Crippen LogP contribution in [0.2, 0.25) is 0 Å². The molecule has 1 fully saturated rings. The van der Waals surface area contributed by atoms with Gasteiger partial charge in [0.05, 0.1) is 13.7 Å². The number of aliphatic hydroxyl groups excluding tert-OH is 1. The monoisotopic (exact) mass is 513 g/mol. The Morgan fingerprint density at radius 3 is 2.38 bits per heavy atom. The van der Waals surface area contributed by atoms with Gasteiger partial charge in [0.1, 0.15) is 23.2 Å². The van der Waals surface area contributed by atoms with Crippen LogP contribution in [0, 0.1) is 0 Å². The first-order valence-corrected chi connectivity index (χ1v) is 11.4. The molecule has 9 nitrogen and oxygen atoms in total. The number of ether oxygens (including phenoxy) is 2. The molecule has 2 N–H and O–H groups in total. The van der Waals surface area contributed by atoms with Gasteiger partial charge in [-0.2, -0.15) is 8.78 Å². The van der Waals surface area contributed by atoms with Crippen molar-refractivity contribution in [3.8, 4) is 11.5 Å². The second-order valence-electron chi connectivity index (χ2n) is 8.30. The zero-order valence-electron chi connectivity index (χ0n) is 19.8. The maximum absolute atomic E-state index is 13.6. The smallest absolute Gasteiger partial charge is 0.387 e. The fraction of sp³-hybridized carbons (Fsp3) is 0.269. The van der Waals surface area contributed by atoms with Gasteiger partial charge >= 0.3 is 6.61 Å². The summed E-state index contributed by atoms with van der Waals surface area (Å²) in [7, 11) is 1.53. The zero-order chi connectivity index (χ0) is 26.5. The summed E-state index contributed by atoms with van der Waals surface area (Å²) in [5.41, 5.74) is 0.574. The molecular weight excluding hydrogens is 488 g/mol. The van der Waals surface area contributed by atoms with E-state index >= 15 is 0 Å². The molecule has 0 spiro atoms. The Balaban J connectivity index is 1.65. The van der Waals surface area contributed by atoms with Gasteiger partial charge in [-0.05, 0) is 54.1 Å². The largest absolute Gasteiger partial charge is 0.497 e.